The minimum Gasteiger partial charge on any atom is -0.492 e. The summed E-state index contributed by atoms with van der Waals surface area (Å²) >= 11 is 1.61. The summed E-state index contributed by atoms with van der Waals surface area (Å²) in [6.07, 6.45) is 3.43. The summed E-state index contributed by atoms with van der Waals surface area (Å²) in [5, 5.41) is 1.99. The van der Waals surface area contributed by atoms with E-state index >= 15 is 0 Å². The van der Waals surface area contributed by atoms with Crippen molar-refractivity contribution in [3.8, 4) is 5.75 Å². The van der Waals surface area contributed by atoms with E-state index in [-0.39, 0.29) is 5.91 Å². The number of likely N-dealkylation sites (N-methyl/N-ethyl adjacent to an activating group) is 1. The van der Waals surface area contributed by atoms with Crippen LogP contribution in [-0.4, -0.2) is 31.0 Å². The van der Waals surface area contributed by atoms with E-state index in [0.717, 1.165) is 10.6 Å². The summed E-state index contributed by atoms with van der Waals surface area (Å²) in [7, 11) is 1.77. The SMILES string of the molecule is CN(CCOc1ccccc1)C(=O)/C=C/c1cccs1. The van der Waals surface area contributed by atoms with Crippen LogP contribution in [0.5, 0.6) is 5.75 Å². The summed E-state index contributed by atoms with van der Waals surface area (Å²) in [5.41, 5.74) is 0. The quantitative estimate of drug-likeness (QED) is 0.763. The number of ether oxygens (including phenoxy) is 1. The van der Waals surface area contributed by atoms with Crippen molar-refractivity contribution in [3.63, 3.8) is 0 Å². The van der Waals surface area contributed by atoms with E-state index in [0.29, 0.717) is 13.2 Å². The monoisotopic (exact) mass is 287 g/mol. The number of benzene rings is 1. The minimum absolute atomic E-state index is 0.0185. The molecule has 0 saturated heterocycles. The number of amides is 1. The average molecular weight is 287 g/mol. The smallest absolute Gasteiger partial charge is 0.246 e. The topological polar surface area (TPSA) is 29.5 Å². The van der Waals surface area contributed by atoms with Gasteiger partial charge >= 0.3 is 0 Å². The number of thiophene rings is 1. The molecule has 0 atom stereocenters. The number of carbonyl (C=O) groups excluding carboxylic acids is 1. The predicted octanol–water partition coefficient (Wildman–Crippen LogP) is 3.30. The molecular formula is C16H17NO2S. The van der Waals surface area contributed by atoms with Crippen LogP contribution in [0.2, 0.25) is 0 Å². The van der Waals surface area contributed by atoms with Crippen molar-refractivity contribution in [2.45, 2.75) is 0 Å². The third-order valence-electron chi connectivity index (χ3n) is 2.75. The molecular weight excluding hydrogens is 270 g/mol. The molecule has 3 nitrogen and oxygen atoms in total. The summed E-state index contributed by atoms with van der Waals surface area (Å²) in [4.78, 5) is 14.6. The van der Waals surface area contributed by atoms with Crippen LogP contribution in [0, 0.1) is 0 Å². The second-order valence-corrected chi connectivity index (χ2v) is 5.25. The van der Waals surface area contributed by atoms with Gasteiger partial charge in [-0.25, -0.2) is 0 Å². The average Bonchev–Trinajstić information content (AvgIpc) is 2.99. The van der Waals surface area contributed by atoms with Crippen LogP contribution in [0.3, 0.4) is 0 Å². The molecule has 0 saturated carbocycles. The van der Waals surface area contributed by atoms with E-state index in [2.05, 4.69) is 0 Å². The van der Waals surface area contributed by atoms with Gasteiger partial charge in [0, 0.05) is 18.0 Å². The van der Waals surface area contributed by atoms with Crippen LogP contribution in [-0.2, 0) is 4.79 Å². The fourth-order valence-electron chi connectivity index (χ4n) is 1.59. The van der Waals surface area contributed by atoms with Gasteiger partial charge in [-0.15, -0.1) is 11.3 Å². The molecule has 4 heteroatoms. The van der Waals surface area contributed by atoms with Crippen molar-refractivity contribution in [1.82, 2.24) is 4.90 Å². The molecule has 104 valence electrons. The first-order chi connectivity index (χ1) is 9.75. The Morgan fingerprint density at radius 2 is 2.05 bits per heavy atom. The van der Waals surface area contributed by atoms with Crippen molar-refractivity contribution < 1.29 is 9.53 Å². The summed E-state index contributed by atoms with van der Waals surface area (Å²) in [6.45, 7) is 1.04. The van der Waals surface area contributed by atoms with Crippen molar-refractivity contribution in [2.75, 3.05) is 20.2 Å². The lowest BCUT2D eigenvalue weighted by atomic mass is 10.3. The van der Waals surface area contributed by atoms with E-state index in [1.165, 1.54) is 0 Å². The Morgan fingerprint density at radius 3 is 2.75 bits per heavy atom. The lowest BCUT2D eigenvalue weighted by molar-refractivity contribution is -0.125. The number of hydrogen-bond acceptors (Lipinski definition) is 3. The van der Waals surface area contributed by atoms with Gasteiger partial charge in [-0.2, -0.15) is 0 Å². The van der Waals surface area contributed by atoms with Gasteiger partial charge in [0.15, 0.2) is 0 Å². The molecule has 0 unspecified atom stereocenters. The molecule has 0 aliphatic carbocycles. The Kier molecular flexibility index (Phi) is 5.38. The third kappa shape index (κ3) is 4.55. The second kappa shape index (κ2) is 7.50. The fourth-order valence-corrected chi connectivity index (χ4v) is 2.21. The highest BCUT2D eigenvalue weighted by Gasteiger charge is 2.04. The van der Waals surface area contributed by atoms with E-state index in [1.807, 2.05) is 53.9 Å². The maximum Gasteiger partial charge on any atom is 0.246 e. The largest absolute Gasteiger partial charge is 0.492 e. The normalized spacial score (nSPS) is 10.7. The highest BCUT2D eigenvalue weighted by atomic mass is 32.1. The van der Waals surface area contributed by atoms with Gasteiger partial charge in [-0.05, 0) is 29.7 Å². The Hall–Kier alpha value is -2.07. The molecule has 0 fully saturated rings. The summed E-state index contributed by atoms with van der Waals surface area (Å²) < 4.78 is 5.56. The Bertz CT molecular complexity index is 549. The summed E-state index contributed by atoms with van der Waals surface area (Å²) in [5.74, 6) is 0.803. The van der Waals surface area contributed by atoms with Gasteiger partial charge in [0.05, 0.1) is 6.54 Å². The lowest BCUT2D eigenvalue weighted by Gasteiger charge is -2.15. The fraction of sp³-hybridized carbons (Fsp3) is 0.188. The predicted molar refractivity (Wildman–Crippen MR) is 82.9 cm³/mol. The molecule has 1 aromatic carbocycles. The van der Waals surface area contributed by atoms with Crippen molar-refractivity contribution in [3.05, 3.63) is 58.8 Å². The maximum absolute atomic E-state index is 11.9. The van der Waals surface area contributed by atoms with Crippen molar-refractivity contribution >= 4 is 23.3 Å². The van der Waals surface area contributed by atoms with Gasteiger partial charge in [0.25, 0.3) is 0 Å². The molecule has 0 N–H and O–H groups in total. The number of nitrogens with zero attached hydrogens (tertiary/aromatic N) is 1. The number of carbonyl (C=O) groups is 1. The van der Waals surface area contributed by atoms with E-state index in [9.17, 15) is 4.79 Å². The van der Waals surface area contributed by atoms with Gasteiger partial charge in [0.2, 0.25) is 5.91 Å². The molecule has 0 aliphatic rings. The second-order valence-electron chi connectivity index (χ2n) is 4.27. The lowest BCUT2D eigenvalue weighted by Crippen LogP contribution is -2.29. The van der Waals surface area contributed by atoms with Crippen molar-refractivity contribution in [1.29, 1.82) is 0 Å². The molecule has 0 aliphatic heterocycles. The molecule has 1 amide bonds. The molecule has 2 aromatic rings. The minimum atomic E-state index is -0.0185. The maximum atomic E-state index is 11.9. The molecule has 0 bridgehead atoms. The van der Waals surface area contributed by atoms with E-state index < -0.39 is 0 Å². The van der Waals surface area contributed by atoms with Crippen LogP contribution in [0.15, 0.2) is 53.9 Å². The number of rotatable bonds is 6. The first-order valence-corrected chi connectivity index (χ1v) is 7.28. The Balaban J connectivity index is 1.74. The zero-order valence-corrected chi connectivity index (χ0v) is 12.2. The van der Waals surface area contributed by atoms with Crippen LogP contribution in [0.4, 0.5) is 0 Å². The first-order valence-electron chi connectivity index (χ1n) is 6.40. The van der Waals surface area contributed by atoms with Crippen LogP contribution in [0.25, 0.3) is 6.08 Å². The Morgan fingerprint density at radius 1 is 1.25 bits per heavy atom. The van der Waals surface area contributed by atoms with Crippen molar-refractivity contribution in [2.24, 2.45) is 0 Å². The molecule has 0 radical (unpaired) electrons. The number of para-hydroxylation sites is 1. The van der Waals surface area contributed by atoms with Gasteiger partial charge < -0.3 is 9.64 Å². The molecule has 2 rings (SSSR count). The van der Waals surface area contributed by atoms with E-state index in [1.54, 1.807) is 29.4 Å². The molecule has 1 heterocycles. The van der Waals surface area contributed by atoms with Gasteiger partial charge in [-0.3, -0.25) is 4.79 Å². The standard InChI is InChI=1S/C16H17NO2S/c1-17(11-12-19-14-6-3-2-4-7-14)16(18)10-9-15-8-5-13-20-15/h2-10,13H,11-12H2,1H3/b10-9+. The first kappa shape index (κ1) is 14.3. The van der Waals surface area contributed by atoms with E-state index in [4.69, 9.17) is 4.74 Å². The van der Waals surface area contributed by atoms with Gasteiger partial charge in [-0.1, -0.05) is 24.3 Å². The van der Waals surface area contributed by atoms with Crippen LogP contribution >= 0.6 is 11.3 Å². The third-order valence-corrected chi connectivity index (χ3v) is 3.59. The molecule has 0 spiro atoms. The highest BCUT2D eigenvalue weighted by Crippen LogP contribution is 2.10. The highest BCUT2D eigenvalue weighted by molar-refractivity contribution is 7.10. The van der Waals surface area contributed by atoms with Crippen LogP contribution in [0.1, 0.15) is 4.88 Å². The number of hydrogen-bond donors (Lipinski definition) is 0. The molecule has 1 aromatic heterocycles. The summed E-state index contributed by atoms with van der Waals surface area (Å²) in [6, 6.07) is 13.5. The van der Waals surface area contributed by atoms with Crippen LogP contribution < -0.4 is 4.74 Å². The molecule has 20 heavy (non-hydrogen) atoms. The van der Waals surface area contributed by atoms with Gasteiger partial charge in [0.1, 0.15) is 12.4 Å². The zero-order chi connectivity index (χ0) is 14.2. The zero-order valence-electron chi connectivity index (χ0n) is 11.4. The Labute approximate surface area is 123 Å².